The summed E-state index contributed by atoms with van der Waals surface area (Å²) in [7, 11) is 0. The van der Waals surface area contributed by atoms with E-state index in [-0.39, 0.29) is 22.3 Å². The lowest BCUT2D eigenvalue weighted by atomic mass is 10.1. The number of aromatic nitrogens is 3. The third kappa shape index (κ3) is 3.75. The summed E-state index contributed by atoms with van der Waals surface area (Å²) >= 11 is 1.06. The average Bonchev–Trinajstić information content (AvgIpc) is 3.30. The second kappa shape index (κ2) is 7.32. The lowest BCUT2D eigenvalue weighted by Crippen LogP contribution is -2.03. The van der Waals surface area contributed by atoms with E-state index in [9.17, 15) is 13.6 Å². The number of hydrogen-bond acceptors (Lipinski definition) is 5. The van der Waals surface area contributed by atoms with Gasteiger partial charge < -0.3 is 9.40 Å². The molecule has 0 aliphatic heterocycles. The van der Waals surface area contributed by atoms with Crippen LogP contribution in [0.1, 0.15) is 21.8 Å². The van der Waals surface area contributed by atoms with Crippen molar-refractivity contribution in [2.45, 2.75) is 11.6 Å². The molecule has 136 valence electrons. The normalized spacial score (nSPS) is 11.2. The van der Waals surface area contributed by atoms with Gasteiger partial charge in [0.15, 0.2) is 17.4 Å². The summed E-state index contributed by atoms with van der Waals surface area (Å²) in [6.45, 7) is 0. The van der Waals surface area contributed by atoms with Gasteiger partial charge in [-0.1, -0.05) is 30.0 Å². The molecular weight excluding hydrogens is 372 g/mol. The molecule has 2 aromatic heterocycles. The van der Waals surface area contributed by atoms with Crippen molar-refractivity contribution in [1.29, 1.82) is 0 Å². The van der Waals surface area contributed by atoms with E-state index in [0.717, 1.165) is 40.4 Å². The quantitative estimate of drug-likeness (QED) is 0.394. The number of ketones is 1. The number of carbonyl (C=O) groups is 1. The number of aromatic amines is 1. The largest absolute Gasteiger partial charge is 0.416 e. The SMILES string of the molecule is O=C(CSc1nnc(Cc2c[nH]c3ccccc23)o1)c1ccc(F)c(F)c1. The molecule has 0 radical (unpaired) electrons. The number of benzene rings is 2. The molecule has 5 nitrogen and oxygen atoms in total. The summed E-state index contributed by atoms with van der Waals surface area (Å²) in [5, 5.41) is 9.26. The fourth-order valence-corrected chi connectivity index (χ4v) is 3.36. The van der Waals surface area contributed by atoms with Crippen LogP contribution in [-0.4, -0.2) is 26.7 Å². The number of thioether (sulfide) groups is 1. The van der Waals surface area contributed by atoms with Crippen molar-refractivity contribution in [3.63, 3.8) is 0 Å². The Kier molecular flexibility index (Phi) is 4.72. The van der Waals surface area contributed by atoms with Gasteiger partial charge in [0.2, 0.25) is 5.89 Å². The summed E-state index contributed by atoms with van der Waals surface area (Å²) in [6.07, 6.45) is 2.36. The fourth-order valence-electron chi connectivity index (χ4n) is 2.69. The molecule has 0 aliphatic rings. The zero-order valence-corrected chi connectivity index (χ0v) is 14.7. The molecule has 0 saturated carbocycles. The van der Waals surface area contributed by atoms with Crippen molar-refractivity contribution < 1.29 is 18.0 Å². The summed E-state index contributed by atoms with van der Waals surface area (Å²) < 4.78 is 31.7. The number of rotatable bonds is 6. The van der Waals surface area contributed by atoms with Gasteiger partial charge in [0.25, 0.3) is 5.22 Å². The van der Waals surface area contributed by atoms with Crippen LogP contribution in [0.15, 0.2) is 58.3 Å². The maximum Gasteiger partial charge on any atom is 0.277 e. The van der Waals surface area contributed by atoms with Crippen LogP contribution in [0.2, 0.25) is 0 Å². The van der Waals surface area contributed by atoms with Gasteiger partial charge in [-0.15, -0.1) is 10.2 Å². The van der Waals surface area contributed by atoms with E-state index in [4.69, 9.17) is 4.42 Å². The molecule has 0 saturated heterocycles. The molecule has 2 heterocycles. The summed E-state index contributed by atoms with van der Waals surface area (Å²) in [4.78, 5) is 15.3. The number of Topliss-reactive ketones (excluding diaryl/α,β-unsaturated/α-hetero) is 1. The van der Waals surface area contributed by atoms with Crippen molar-refractivity contribution in [2.24, 2.45) is 0 Å². The second-order valence-electron chi connectivity index (χ2n) is 5.84. The predicted octanol–water partition coefficient (Wildman–Crippen LogP) is 4.39. The Bertz CT molecular complexity index is 1120. The Labute approximate surface area is 156 Å². The summed E-state index contributed by atoms with van der Waals surface area (Å²) in [6, 6.07) is 11.0. The Morgan fingerprint density at radius 2 is 1.96 bits per heavy atom. The first-order valence-electron chi connectivity index (χ1n) is 8.08. The molecule has 0 spiro atoms. The highest BCUT2D eigenvalue weighted by atomic mass is 32.2. The van der Waals surface area contributed by atoms with Crippen LogP contribution in [0.5, 0.6) is 0 Å². The third-order valence-electron chi connectivity index (χ3n) is 4.03. The van der Waals surface area contributed by atoms with E-state index in [1.54, 1.807) is 0 Å². The molecule has 27 heavy (non-hydrogen) atoms. The number of halogens is 2. The van der Waals surface area contributed by atoms with Gasteiger partial charge in [-0.2, -0.15) is 0 Å². The Morgan fingerprint density at radius 3 is 2.81 bits per heavy atom. The van der Waals surface area contributed by atoms with Crippen LogP contribution in [-0.2, 0) is 6.42 Å². The monoisotopic (exact) mass is 385 g/mol. The number of hydrogen-bond donors (Lipinski definition) is 1. The van der Waals surface area contributed by atoms with Gasteiger partial charge in [-0.3, -0.25) is 4.79 Å². The minimum absolute atomic E-state index is 0.0141. The highest BCUT2D eigenvalue weighted by Gasteiger charge is 2.14. The number of H-pyrrole nitrogens is 1. The Balaban J connectivity index is 1.40. The molecule has 8 heteroatoms. The number of para-hydroxylation sites is 1. The van der Waals surface area contributed by atoms with Crippen LogP contribution in [0.4, 0.5) is 8.78 Å². The molecule has 4 aromatic rings. The zero-order chi connectivity index (χ0) is 18.8. The maximum atomic E-state index is 13.2. The van der Waals surface area contributed by atoms with Crippen molar-refractivity contribution in [3.8, 4) is 0 Å². The smallest absolute Gasteiger partial charge is 0.277 e. The van der Waals surface area contributed by atoms with E-state index < -0.39 is 11.6 Å². The topological polar surface area (TPSA) is 71.8 Å². The number of nitrogens with one attached hydrogen (secondary N) is 1. The van der Waals surface area contributed by atoms with E-state index in [0.29, 0.717) is 12.3 Å². The molecule has 0 atom stereocenters. The molecule has 0 aliphatic carbocycles. The van der Waals surface area contributed by atoms with E-state index in [1.165, 1.54) is 6.07 Å². The minimum atomic E-state index is -1.05. The first-order chi connectivity index (χ1) is 13.1. The molecule has 2 aromatic carbocycles. The molecule has 0 bridgehead atoms. The summed E-state index contributed by atoms with van der Waals surface area (Å²) in [5.74, 6) is -1.97. The van der Waals surface area contributed by atoms with Crippen LogP contribution in [0.3, 0.4) is 0 Å². The van der Waals surface area contributed by atoms with Crippen LogP contribution in [0.25, 0.3) is 10.9 Å². The van der Waals surface area contributed by atoms with Gasteiger partial charge in [0.05, 0.1) is 12.2 Å². The molecule has 0 unspecified atom stereocenters. The molecule has 0 fully saturated rings. The minimum Gasteiger partial charge on any atom is -0.416 e. The lowest BCUT2D eigenvalue weighted by Gasteiger charge is -2.00. The van der Waals surface area contributed by atoms with E-state index in [1.807, 2.05) is 30.5 Å². The average molecular weight is 385 g/mol. The highest BCUT2D eigenvalue weighted by molar-refractivity contribution is 7.99. The Hall–Kier alpha value is -3.00. The predicted molar refractivity (Wildman–Crippen MR) is 96.8 cm³/mol. The van der Waals surface area contributed by atoms with Crippen molar-refractivity contribution >= 4 is 28.4 Å². The molecule has 1 N–H and O–H groups in total. The molecular formula is C19H13F2N3O2S. The van der Waals surface area contributed by atoms with Crippen LogP contribution in [0, 0.1) is 11.6 Å². The summed E-state index contributed by atoms with van der Waals surface area (Å²) in [5.41, 5.74) is 2.15. The van der Waals surface area contributed by atoms with Gasteiger partial charge in [0, 0.05) is 22.7 Å². The van der Waals surface area contributed by atoms with Gasteiger partial charge in [0.1, 0.15) is 0 Å². The van der Waals surface area contributed by atoms with Crippen molar-refractivity contribution in [2.75, 3.05) is 5.75 Å². The fraction of sp³-hybridized carbons (Fsp3) is 0.105. The number of fused-ring (bicyclic) bond motifs is 1. The standard InChI is InChI=1S/C19H13F2N3O2S/c20-14-6-5-11(7-15(14)21)17(25)10-27-19-24-23-18(26-19)8-12-9-22-16-4-2-1-3-13(12)16/h1-7,9,22H,8,10H2. The van der Waals surface area contributed by atoms with Gasteiger partial charge in [-0.25, -0.2) is 8.78 Å². The number of nitrogens with zero attached hydrogens (tertiary/aromatic N) is 2. The zero-order valence-electron chi connectivity index (χ0n) is 13.9. The first kappa shape index (κ1) is 17.4. The second-order valence-corrected chi connectivity index (χ2v) is 6.77. The maximum absolute atomic E-state index is 13.2. The Morgan fingerprint density at radius 1 is 1.11 bits per heavy atom. The van der Waals surface area contributed by atoms with E-state index >= 15 is 0 Å². The lowest BCUT2D eigenvalue weighted by molar-refractivity contribution is 0.102. The molecule has 0 amide bonds. The van der Waals surface area contributed by atoms with E-state index in [2.05, 4.69) is 15.2 Å². The molecule has 4 rings (SSSR count). The first-order valence-corrected chi connectivity index (χ1v) is 9.07. The third-order valence-corrected chi connectivity index (χ3v) is 4.85. The van der Waals surface area contributed by atoms with Crippen molar-refractivity contribution in [3.05, 3.63) is 77.3 Å². The van der Waals surface area contributed by atoms with Gasteiger partial charge >= 0.3 is 0 Å². The van der Waals surface area contributed by atoms with Crippen LogP contribution >= 0.6 is 11.8 Å². The van der Waals surface area contributed by atoms with Gasteiger partial charge in [-0.05, 0) is 29.8 Å². The highest BCUT2D eigenvalue weighted by Crippen LogP contribution is 2.23. The number of carbonyl (C=O) groups excluding carboxylic acids is 1. The van der Waals surface area contributed by atoms with Crippen molar-refractivity contribution in [1.82, 2.24) is 15.2 Å². The van der Waals surface area contributed by atoms with Crippen LogP contribution < -0.4 is 0 Å².